The molecule has 0 atom stereocenters. The van der Waals surface area contributed by atoms with E-state index in [9.17, 15) is 0 Å². The molecule has 18 heavy (non-hydrogen) atoms. The molecule has 7 nitrogen and oxygen atoms in total. The molecule has 2 heterocycles. The minimum atomic E-state index is 0.217. The molecule has 2 N–H and O–H groups in total. The van der Waals surface area contributed by atoms with Gasteiger partial charge in [-0.1, -0.05) is 16.8 Å². The summed E-state index contributed by atoms with van der Waals surface area (Å²) in [6, 6.07) is 3.75. The van der Waals surface area contributed by atoms with E-state index < -0.39 is 0 Å². The van der Waals surface area contributed by atoms with Gasteiger partial charge in [-0.3, -0.25) is 0 Å². The first-order valence-electron chi connectivity index (χ1n) is 5.34. The average Bonchev–Trinajstić information content (AvgIpc) is 2.99. The van der Waals surface area contributed by atoms with Crippen LogP contribution in [0.15, 0.2) is 12.1 Å². The molecule has 3 rings (SSSR count). The number of nitrogens with zero attached hydrogens (tertiary/aromatic N) is 3. The third kappa shape index (κ3) is 2.22. The van der Waals surface area contributed by atoms with Gasteiger partial charge in [-0.2, -0.15) is 5.21 Å². The van der Waals surface area contributed by atoms with Crippen LogP contribution in [0.4, 0.5) is 0 Å². The van der Waals surface area contributed by atoms with Crippen molar-refractivity contribution in [1.29, 1.82) is 0 Å². The van der Waals surface area contributed by atoms with E-state index in [1.165, 1.54) is 0 Å². The summed E-state index contributed by atoms with van der Waals surface area (Å²) in [5.41, 5.74) is 1.01. The van der Waals surface area contributed by atoms with Gasteiger partial charge in [0.05, 0.1) is 11.6 Å². The summed E-state index contributed by atoms with van der Waals surface area (Å²) in [7, 11) is 0. The number of tetrazole rings is 1. The van der Waals surface area contributed by atoms with Crippen LogP contribution >= 0.6 is 11.6 Å². The van der Waals surface area contributed by atoms with Gasteiger partial charge >= 0.3 is 0 Å². The van der Waals surface area contributed by atoms with Crippen molar-refractivity contribution in [1.82, 2.24) is 25.9 Å². The molecule has 0 saturated carbocycles. The topological polar surface area (TPSA) is 85.0 Å². The van der Waals surface area contributed by atoms with E-state index in [1.54, 1.807) is 0 Å². The number of aromatic nitrogens is 4. The first kappa shape index (κ1) is 11.2. The van der Waals surface area contributed by atoms with Crippen LogP contribution in [0.25, 0.3) is 0 Å². The molecule has 0 aliphatic carbocycles. The van der Waals surface area contributed by atoms with Crippen molar-refractivity contribution in [3.05, 3.63) is 28.5 Å². The Morgan fingerprint density at radius 1 is 1.33 bits per heavy atom. The molecule has 1 aliphatic rings. The Morgan fingerprint density at radius 2 is 2.28 bits per heavy atom. The van der Waals surface area contributed by atoms with Gasteiger partial charge in [-0.15, -0.1) is 10.2 Å². The van der Waals surface area contributed by atoms with E-state index in [0.717, 1.165) is 5.56 Å². The van der Waals surface area contributed by atoms with Crippen LogP contribution in [0.2, 0.25) is 5.02 Å². The molecule has 94 valence electrons. The van der Waals surface area contributed by atoms with Crippen LogP contribution in [-0.4, -0.2) is 27.4 Å². The molecular weight excluding hydrogens is 258 g/mol. The summed E-state index contributed by atoms with van der Waals surface area (Å²) >= 11 is 6.08. The lowest BCUT2D eigenvalue weighted by molar-refractivity contribution is 0.174. The van der Waals surface area contributed by atoms with Gasteiger partial charge in [0.15, 0.2) is 17.3 Å². The Morgan fingerprint density at radius 3 is 3.11 bits per heavy atom. The summed E-state index contributed by atoms with van der Waals surface area (Å²) in [6.07, 6.45) is 0. The number of nitrogens with one attached hydrogen (secondary N) is 2. The lowest BCUT2D eigenvalue weighted by Crippen LogP contribution is -2.13. The first-order valence-corrected chi connectivity index (χ1v) is 5.72. The maximum Gasteiger partial charge on any atom is 0.231 e. The minimum absolute atomic E-state index is 0.217. The molecule has 0 amide bonds. The number of aromatic amines is 1. The van der Waals surface area contributed by atoms with Crippen molar-refractivity contribution in [2.24, 2.45) is 0 Å². The predicted octanol–water partition coefficient (Wildman–Crippen LogP) is 0.872. The highest BCUT2D eigenvalue weighted by Crippen LogP contribution is 2.39. The smallest absolute Gasteiger partial charge is 0.231 e. The van der Waals surface area contributed by atoms with Gasteiger partial charge < -0.3 is 14.8 Å². The van der Waals surface area contributed by atoms with Crippen molar-refractivity contribution in [3.63, 3.8) is 0 Å². The number of hydrogen-bond acceptors (Lipinski definition) is 6. The number of rotatable bonds is 4. The molecule has 0 spiro atoms. The zero-order valence-corrected chi connectivity index (χ0v) is 10.1. The molecule has 1 aliphatic heterocycles. The Balaban J connectivity index is 1.65. The minimum Gasteiger partial charge on any atom is -0.454 e. The van der Waals surface area contributed by atoms with Gasteiger partial charge in [0, 0.05) is 6.54 Å². The zero-order valence-electron chi connectivity index (χ0n) is 9.31. The van der Waals surface area contributed by atoms with Gasteiger partial charge in [0.25, 0.3) is 0 Å². The number of halogens is 1. The normalized spacial score (nSPS) is 12.9. The summed E-state index contributed by atoms with van der Waals surface area (Å²) < 4.78 is 10.5. The van der Waals surface area contributed by atoms with E-state index in [-0.39, 0.29) is 6.79 Å². The fourth-order valence-electron chi connectivity index (χ4n) is 1.70. The van der Waals surface area contributed by atoms with Crippen LogP contribution in [0.1, 0.15) is 11.4 Å². The lowest BCUT2D eigenvalue weighted by atomic mass is 10.2. The zero-order chi connectivity index (χ0) is 12.4. The molecule has 2 aromatic rings. The van der Waals surface area contributed by atoms with Crippen LogP contribution in [-0.2, 0) is 13.1 Å². The second-order valence-corrected chi connectivity index (χ2v) is 4.15. The van der Waals surface area contributed by atoms with E-state index in [1.807, 2.05) is 12.1 Å². The molecule has 0 unspecified atom stereocenters. The van der Waals surface area contributed by atoms with Crippen molar-refractivity contribution in [3.8, 4) is 11.5 Å². The second kappa shape index (κ2) is 4.79. The summed E-state index contributed by atoms with van der Waals surface area (Å²) in [5.74, 6) is 1.90. The van der Waals surface area contributed by atoms with Crippen LogP contribution in [0, 0.1) is 0 Å². The quantitative estimate of drug-likeness (QED) is 0.855. The van der Waals surface area contributed by atoms with Crippen molar-refractivity contribution in [2.75, 3.05) is 6.79 Å². The summed E-state index contributed by atoms with van der Waals surface area (Å²) in [4.78, 5) is 0. The Kier molecular flexibility index (Phi) is 2.99. The first-order chi connectivity index (χ1) is 8.83. The summed E-state index contributed by atoms with van der Waals surface area (Å²) in [6.45, 7) is 1.38. The van der Waals surface area contributed by atoms with Crippen molar-refractivity contribution < 1.29 is 9.47 Å². The fraction of sp³-hybridized carbons (Fsp3) is 0.300. The molecule has 0 bridgehead atoms. The maximum atomic E-state index is 6.08. The average molecular weight is 268 g/mol. The largest absolute Gasteiger partial charge is 0.454 e. The third-order valence-electron chi connectivity index (χ3n) is 2.49. The van der Waals surface area contributed by atoms with E-state index in [0.29, 0.717) is 35.4 Å². The predicted molar refractivity (Wildman–Crippen MR) is 62.3 cm³/mol. The number of fused-ring (bicyclic) bond motifs is 1. The molecule has 1 aromatic carbocycles. The molecule has 8 heteroatoms. The van der Waals surface area contributed by atoms with Crippen LogP contribution in [0.3, 0.4) is 0 Å². The van der Waals surface area contributed by atoms with E-state index >= 15 is 0 Å². The summed E-state index contributed by atoms with van der Waals surface area (Å²) in [5, 5.41) is 17.3. The Hall–Kier alpha value is -1.86. The van der Waals surface area contributed by atoms with Crippen LogP contribution < -0.4 is 14.8 Å². The number of benzene rings is 1. The molecule has 0 saturated heterocycles. The highest BCUT2D eigenvalue weighted by atomic mass is 35.5. The van der Waals surface area contributed by atoms with Gasteiger partial charge in [0.1, 0.15) is 0 Å². The Bertz CT molecular complexity index is 545. The Labute approximate surface area is 107 Å². The van der Waals surface area contributed by atoms with Crippen molar-refractivity contribution >= 4 is 11.6 Å². The van der Waals surface area contributed by atoms with Gasteiger partial charge in [0.2, 0.25) is 6.79 Å². The SMILES string of the molecule is Clc1cc(CNCc2nn[nH]n2)cc2c1OCO2. The highest BCUT2D eigenvalue weighted by Gasteiger charge is 2.18. The molecular formula is C10H10ClN5O2. The van der Waals surface area contributed by atoms with Gasteiger partial charge in [-0.25, -0.2) is 0 Å². The maximum absolute atomic E-state index is 6.08. The molecule has 1 aromatic heterocycles. The van der Waals surface area contributed by atoms with E-state index in [2.05, 4.69) is 25.9 Å². The number of hydrogen-bond donors (Lipinski definition) is 2. The second-order valence-electron chi connectivity index (χ2n) is 3.74. The number of H-pyrrole nitrogens is 1. The van der Waals surface area contributed by atoms with Gasteiger partial charge in [-0.05, 0) is 17.7 Å². The lowest BCUT2D eigenvalue weighted by Gasteiger charge is -2.05. The third-order valence-corrected chi connectivity index (χ3v) is 2.77. The fourth-order valence-corrected chi connectivity index (χ4v) is 1.99. The highest BCUT2D eigenvalue weighted by molar-refractivity contribution is 6.32. The number of ether oxygens (including phenoxy) is 2. The standard InChI is InChI=1S/C10H10ClN5O2/c11-7-1-6(2-8-10(7)18-5-17-8)3-12-4-9-13-15-16-14-9/h1-2,12H,3-5H2,(H,13,14,15,16). The van der Waals surface area contributed by atoms with Crippen molar-refractivity contribution in [2.45, 2.75) is 13.1 Å². The van der Waals surface area contributed by atoms with Crippen LogP contribution in [0.5, 0.6) is 11.5 Å². The van der Waals surface area contributed by atoms with E-state index in [4.69, 9.17) is 21.1 Å². The molecule has 0 fully saturated rings. The monoisotopic (exact) mass is 267 g/mol. The molecule has 0 radical (unpaired) electrons.